The molecule has 0 saturated heterocycles. The fourth-order valence-corrected chi connectivity index (χ4v) is 3.51. The van der Waals surface area contributed by atoms with Gasteiger partial charge < -0.3 is 10.1 Å². The summed E-state index contributed by atoms with van der Waals surface area (Å²) < 4.78 is 46.2. The van der Waals surface area contributed by atoms with Crippen molar-refractivity contribution >= 4 is 27.3 Å². The average Bonchev–Trinajstić information content (AvgIpc) is 2.70. The highest BCUT2D eigenvalue weighted by Gasteiger charge is 2.14. The summed E-state index contributed by atoms with van der Waals surface area (Å²) in [6.07, 6.45) is 0. The summed E-state index contributed by atoms with van der Waals surface area (Å²) in [5.74, 6) is -0.771. The van der Waals surface area contributed by atoms with Gasteiger partial charge in [-0.1, -0.05) is 29.8 Å². The first-order valence-corrected chi connectivity index (χ1v) is 10.2. The summed E-state index contributed by atoms with van der Waals surface area (Å²) in [5, 5.41) is 2.40. The van der Waals surface area contributed by atoms with Crippen LogP contribution in [-0.2, 0) is 14.8 Å². The summed E-state index contributed by atoms with van der Waals surface area (Å²) in [6.45, 7) is 1.57. The molecule has 2 N–H and O–H groups in total. The average molecular weight is 414 g/mol. The molecule has 3 aromatic rings. The molecule has 0 heterocycles. The smallest absolute Gasteiger partial charge is 0.262 e. The van der Waals surface area contributed by atoms with Crippen LogP contribution in [0.15, 0.2) is 77.7 Å². The van der Waals surface area contributed by atoms with Crippen molar-refractivity contribution in [3.8, 4) is 5.75 Å². The van der Waals surface area contributed by atoms with E-state index in [-0.39, 0.29) is 17.2 Å². The van der Waals surface area contributed by atoms with Crippen molar-refractivity contribution in [2.75, 3.05) is 16.6 Å². The highest BCUT2D eigenvalue weighted by Crippen LogP contribution is 2.20. The second-order valence-corrected chi connectivity index (χ2v) is 7.94. The summed E-state index contributed by atoms with van der Waals surface area (Å²) >= 11 is 0. The Hall–Kier alpha value is -3.39. The Kier molecular flexibility index (Phi) is 6.13. The lowest BCUT2D eigenvalue weighted by Crippen LogP contribution is -2.20. The van der Waals surface area contributed by atoms with Gasteiger partial charge in [-0.3, -0.25) is 9.52 Å². The van der Waals surface area contributed by atoms with Gasteiger partial charge in [0.05, 0.1) is 10.6 Å². The molecule has 0 bridgehead atoms. The zero-order valence-electron chi connectivity index (χ0n) is 15.6. The number of sulfonamides is 1. The molecule has 0 aromatic heterocycles. The molecule has 3 aromatic carbocycles. The summed E-state index contributed by atoms with van der Waals surface area (Å²) in [4.78, 5) is 11.9. The van der Waals surface area contributed by atoms with Gasteiger partial charge in [0.1, 0.15) is 11.6 Å². The van der Waals surface area contributed by atoms with E-state index >= 15 is 0 Å². The number of para-hydroxylation sites is 1. The van der Waals surface area contributed by atoms with Crippen molar-refractivity contribution in [2.24, 2.45) is 0 Å². The molecule has 0 aliphatic rings. The van der Waals surface area contributed by atoms with Crippen LogP contribution in [0.3, 0.4) is 0 Å². The predicted octanol–water partition coefficient (Wildman–Crippen LogP) is 3.95. The van der Waals surface area contributed by atoms with Crippen LogP contribution in [-0.4, -0.2) is 20.9 Å². The SMILES string of the molecule is Cc1ccc(NS(=O)(=O)c2ccc(OCC(=O)Nc3ccccc3F)cc2)cc1. The molecular weight excluding hydrogens is 395 g/mol. The maximum atomic E-state index is 13.5. The normalized spacial score (nSPS) is 11.0. The van der Waals surface area contributed by atoms with Crippen molar-refractivity contribution in [3.63, 3.8) is 0 Å². The zero-order valence-corrected chi connectivity index (χ0v) is 16.4. The molecule has 3 rings (SSSR count). The highest BCUT2D eigenvalue weighted by atomic mass is 32.2. The largest absolute Gasteiger partial charge is 0.484 e. The molecule has 0 radical (unpaired) electrons. The van der Waals surface area contributed by atoms with Crippen LogP contribution in [0.25, 0.3) is 0 Å². The topological polar surface area (TPSA) is 84.5 Å². The monoisotopic (exact) mass is 414 g/mol. The second-order valence-electron chi connectivity index (χ2n) is 6.26. The Morgan fingerprint density at radius 3 is 2.28 bits per heavy atom. The molecule has 6 nitrogen and oxygen atoms in total. The summed E-state index contributed by atoms with van der Waals surface area (Å²) in [7, 11) is -3.75. The summed E-state index contributed by atoms with van der Waals surface area (Å²) in [6, 6.07) is 18.4. The van der Waals surface area contributed by atoms with Crippen molar-refractivity contribution in [1.29, 1.82) is 0 Å². The molecule has 0 unspecified atom stereocenters. The number of amides is 1. The maximum Gasteiger partial charge on any atom is 0.262 e. The maximum absolute atomic E-state index is 13.5. The minimum atomic E-state index is -3.75. The van der Waals surface area contributed by atoms with E-state index in [2.05, 4.69) is 10.0 Å². The predicted molar refractivity (Wildman–Crippen MR) is 109 cm³/mol. The molecule has 1 amide bonds. The first-order valence-electron chi connectivity index (χ1n) is 8.70. The zero-order chi connectivity index (χ0) is 20.9. The molecule has 0 fully saturated rings. The number of rotatable bonds is 7. The number of nitrogens with one attached hydrogen (secondary N) is 2. The Morgan fingerprint density at radius 2 is 1.62 bits per heavy atom. The number of ether oxygens (including phenoxy) is 1. The molecule has 0 aliphatic carbocycles. The number of carbonyl (C=O) groups excluding carboxylic acids is 1. The molecule has 29 heavy (non-hydrogen) atoms. The third-order valence-electron chi connectivity index (χ3n) is 3.96. The van der Waals surface area contributed by atoms with Crippen LogP contribution >= 0.6 is 0 Å². The summed E-state index contributed by atoms with van der Waals surface area (Å²) in [5.41, 5.74) is 1.54. The van der Waals surface area contributed by atoms with Gasteiger partial charge in [-0.05, 0) is 55.5 Å². The van der Waals surface area contributed by atoms with Crippen molar-refractivity contribution in [1.82, 2.24) is 0 Å². The molecule has 0 atom stereocenters. The van der Waals surface area contributed by atoms with E-state index in [1.54, 1.807) is 30.3 Å². The molecular formula is C21H19FN2O4S. The molecule has 0 saturated carbocycles. The highest BCUT2D eigenvalue weighted by molar-refractivity contribution is 7.92. The first-order chi connectivity index (χ1) is 13.8. The van der Waals surface area contributed by atoms with Gasteiger partial charge in [0.15, 0.2) is 6.61 Å². The number of anilines is 2. The van der Waals surface area contributed by atoms with E-state index in [9.17, 15) is 17.6 Å². The van der Waals surface area contributed by atoms with Gasteiger partial charge in [-0.15, -0.1) is 0 Å². The van der Waals surface area contributed by atoms with Gasteiger partial charge in [-0.25, -0.2) is 12.8 Å². The van der Waals surface area contributed by atoms with Crippen molar-refractivity contribution < 1.29 is 22.3 Å². The number of hydrogen-bond donors (Lipinski definition) is 2. The molecule has 0 aliphatic heterocycles. The lowest BCUT2D eigenvalue weighted by molar-refractivity contribution is -0.118. The van der Waals surface area contributed by atoms with E-state index in [1.807, 2.05) is 6.92 Å². The van der Waals surface area contributed by atoms with Crippen LogP contribution in [0, 0.1) is 12.7 Å². The Bertz CT molecular complexity index is 1100. The van der Waals surface area contributed by atoms with E-state index < -0.39 is 21.7 Å². The standard InChI is InChI=1S/C21H19FN2O4S/c1-15-6-8-16(9-7-15)24-29(26,27)18-12-10-17(11-13-18)28-14-21(25)23-20-5-3-2-4-19(20)22/h2-13,24H,14H2,1H3,(H,23,25). The minimum absolute atomic E-state index is 0.0567. The lowest BCUT2D eigenvalue weighted by Gasteiger charge is -2.10. The van der Waals surface area contributed by atoms with E-state index in [1.165, 1.54) is 42.5 Å². The van der Waals surface area contributed by atoms with Crippen LogP contribution in [0.5, 0.6) is 5.75 Å². The lowest BCUT2D eigenvalue weighted by atomic mass is 10.2. The van der Waals surface area contributed by atoms with Crippen LogP contribution in [0.1, 0.15) is 5.56 Å². The van der Waals surface area contributed by atoms with Gasteiger partial charge >= 0.3 is 0 Å². The number of benzene rings is 3. The van der Waals surface area contributed by atoms with Gasteiger partial charge in [0, 0.05) is 5.69 Å². The third kappa shape index (κ3) is 5.55. The Labute approximate surface area is 168 Å². The number of aryl methyl sites for hydroxylation is 1. The van der Waals surface area contributed by atoms with Crippen molar-refractivity contribution in [2.45, 2.75) is 11.8 Å². The van der Waals surface area contributed by atoms with Gasteiger partial charge in [0.25, 0.3) is 15.9 Å². The first kappa shape index (κ1) is 20.3. The second kappa shape index (κ2) is 8.74. The van der Waals surface area contributed by atoms with Crippen molar-refractivity contribution in [3.05, 3.63) is 84.2 Å². The number of halogens is 1. The van der Waals surface area contributed by atoms with E-state index in [0.717, 1.165) is 5.56 Å². The minimum Gasteiger partial charge on any atom is -0.484 e. The van der Waals surface area contributed by atoms with E-state index in [0.29, 0.717) is 11.4 Å². The quantitative estimate of drug-likeness (QED) is 0.613. The van der Waals surface area contributed by atoms with Crippen LogP contribution in [0.2, 0.25) is 0 Å². The Morgan fingerprint density at radius 1 is 0.966 bits per heavy atom. The Balaban J connectivity index is 1.58. The van der Waals surface area contributed by atoms with Gasteiger partial charge in [0.2, 0.25) is 0 Å². The molecule has 0 spiro atoms. The van der Waals surface area contributed by atoms with Gasteiger partial charge in [-0.2, -0.15) is 0 Å². The molecule has 150 valence electrons. The fraction of sp³-hybridized carbons (Fsp3) is 0.0952. The van der Waals surface area contributed by atoms with Crippen LogP contribution < -0.4 is 14.8 Å². The number of carbonyl (C=O) groups is 1. The fourth-order valence-electron chi connectivity index (χ4n) is 2.45. The molecule has 8 heteroatoms. The van der Waals surface area contributed by atoms with Crippen LogP contribution in [0.4, 0.5) is 15.8 Å². The number of hydrogen-bond acceptors (Lipinski definition) is 4. The third-order valence-corrected chi connectivity index (χ3v) is 5.35. The van der Waals surface area contributed by atoms with E-state index in [4.69, 9.17) is 4.74 Å².